The summed E-state index contributed by atoms with van der Waals surface area (Å²) >= 11 is 0. The van der Waals surface area contributed by atoms with Crippen molar-refractivity contribution in [2.45, 2.75) is 296 Å². The van der Waals surface area contributed by atoms with Crippen LogP contribution in [0.15, 0.2) is 45.6 Å². The molecular formula is C64H96O24. The number of aliphatic hydroxyl groups excluding tert-OH is 2. The molecule has 496 valence electrons. The van der Waals surface area contributed by atoms with E-state index in [2.05, 4.69) is 0 Å². The van der Waals surface area contributed by atoms with Crippen LogP contribution in [0.4, 0.5) is 0 Å². The molecule has 0 aromatic carbocycles. The maximum absolute atomic E-state index is 13.2. The van der Waals surface area contributed by atoms with Crippen molar-refractivity contribution in [3.05, 3.63) is 45.6 Å². The number of fused-ring (bicyclic) bond motifs is 6. The average molecular weight is 1250 g/mol. The molecule has 24 heteroatoms. The number of ether oxygens (including phenoxy) is 10. The summed E-state index contributed by atoms with van der Waals surface area (Å²) in [7, 11) is 0. The van der Waals surface area contributed by atoms with Gasteiger partial charge < -0.3 is 78.0 Å². The lowest BCUT2D eigenvalue weighted by atomic mass is 9.75. The molecule has 18 atom stereocenters. The van der Waals surface area contributed by atoms with Gasteiger partial charge in [0, 0.05) is 63.5 Å². The minimum Gasteiger partial charge on any atom is -0.459 e. The summed E-state index contributed by atoms with van der Waals surface area (Å²) in [5.74, 6) is -7.51. The average Bonchev–Trinajstić information content (AvgIpc) is 1.80. The standard InChI is InChI=1S/2C32H48O12/c2*1-9-12-13-15-22(35)41-26-24-23(18(5)25(26)42-28(36)17(4)11-3)27-32(39,31(8,38)29(37)43-27)20(40-21(34)14-10-2)16-30(24,7)44-19(6)33/h2*11,20,24-27,29,37-39H,9-10,12-16H2,1-8H3/b2*17-11-/t20-,24+,25-,26-,27-,29+,30-,31+,32+;20-,24+,25-,26-,27-,29-,30-,31+,32+/m00/s1. The highest BCUT2D eigenvalue weighted by molar-refractivity contribution is 5.88. The van der Waals surface area contributed by atoms with Crippen molar-refractivity contribution in [2.24, 2.45) is 11.8 Å². The molecule has 6 rings (SSSR count). The summed E-state index contributed by atoms with van der Waals surface area (Å²) in [6.45, 7) is 24.9. The molecule has 88 heavy (non-hydrogen) atoms. The van der Waals surface area contributed by atoms with Gasteiger partial charge in [0.05, 0.1) is 11.8 Å². The highest BCUT2D eigenvalue weighted by Crippen LogP contribution is 2.60. The van der Waals surface area contributed by atoms with Crippen LogP contribution in [-0.2, 0) is 85.7 Å². The van der Waals surface area contributed by atoms with Crippen molar-refractivity contribution in [2.75, 3.05) is 0 Å². The Morgan fingerprint density at radius 2 is 0.807 bits per heavy atom. The highest BCUT2D eigenvalue weighted by atomic mass is 16.7. The van der Waals surface area contributed by atoms with Gasteiger partial charge in [-0.1, -0.05) is 65.5 Å². The van der Waals surface area contributed by atoms with E-state index in [-0.39, 0.29) is 49.7 Å². The Bertz CT molecular complexity index is 2560. The van der Waals surface area contributed by atoms with Crippen LogP contribution in [0.25, 0.3) is 0 Å². The quantitative estimate of drug-likeness (QED) is 0.0242. The number of aliphatic hydroxyl groups is 6. The van der Waals surface area contributed by atoms with Gasteiger partial charge in [-0.05, 0) is 117 Å². The van der Waals surface area contributed by atoms with Crippen LogP contribution >= 0.6 is 0 Å². The smallest absolute Gasteiger partial charge is 0.334 e. The number of allylic oxidation sites excluding steroid dienone is 2. The summed E-state index contributed by atoms with van der Waals surface area (Å²) in [6, 6.07) is 0. The Morgan fingerprint density at radius 1 is 0.489 bits per heavy atom. The molecule has 0 radical (unpaired) electrons. The largest absolute Gasteiger partial charge is 0.459 e. The van der Waals surface area contributed by atoms with Gasteiger partial charge >= 0.3 is 47.8 Å². The third kappa shape index (κ3) is 14.3. The Balaban J connectivity index is 0.000000321. The van der Waals surface area contributed by atoms with Crippen molar-refractivity contribution < 1.29 is 116 Å². The summed E-state index contributed by atoms with van der Waals surface area (Å²) in [4.78, 5) is 103. The molecule has 6 N–H and O–H groups in total. The lowest BCUT2D eigenvalue weighted by molar-refractivity contribution is -0.228. The maximum atomic E-state index is 13.2. The molecule has 0 amide bonds. The fraction of sp³-hybridized carbons (Fsp3) is 0.750. The zero-order valence-electron chi connectivity index (χ0n) is 54.0. The summed E-state index contributed by atoms with van der Waals surface area (Å²) in [5.41, 5.74) is -11.4. The predicted molar refractivity (Wildman–Crippen MR) is 311 cm³/mol. The Morgan fingerprint density at radius 3 is 1.09 bits per heavy atom. The second-order valence-electron chi connectivity index (χ2n) is 25.0. The van der Waals surface area contributed by atoms with E-state index >= 15 is 0 Å². The van der Waals surface area contributed by atoms with Crippen LogP contribution in [-0.4, -0.2) is 173 Å². The third-order valence-corrected chi connectivity index (χ3v) is 18.3. The van der Waals surface area contributed by atoms with Gasteiger partial charge in [-0.2, -0.15) is 0 Å². The van der Waals surface area contributed by atoms with Gasteiger partial charge in [-0.15, -0.1) is 0 Å². The van der Waals surface area contributed by atoms with E-state index < -0.39 is 155 Å². The predicted octanol–water partition coefficient (Wildman–Crippen LogP) is 5.88. The topological polar surface area (TPSA) is 350 Å². The van der Waals surface area contributed by atoms with Crippen LogP contribution in [0.3, 0.4) is 0 Å². The molecule has 0 aromatic heterocycles. The number of carbonyl (C=O) groups is 8. The first kappa shape index (κ1) is 73.1. The maximum Gasteiger partial charge on any atom is 0.334 e. The minimum atomic E-state index is -2.46. The third-order valence-electron chi connectivity index (χ3n) is 18.3. The van der Waals surface area contributed by atoms with E-state index in [1.54, 1.807) is 81.4 Å². The van der Waals surface area contributed by atoms with Gasteiger partial charge in [-0.25, -0.2) is 9.59 Å². The molecule has 4 aliphatic carbocycles. The molecule has 24 nitrogen and oxygen atoms in total. The van der Waals surface area contributed by atoms with Gasteiger partial charge in [0.2, 0.25) is 0 Å². The summed E-state index contributed by atoms with van der Waals surface area (Å²) < 4.78 is 58.9. The van der Waals surface area contributed by atoms with Crippen molar-refractivity contribution in [3.63, 3.8) is 0 Å². The lowest BCUT2D eigenvalue weighted by Gasteiger charge is -2.43. The molecule has 2 aliphatic heterocycles. The number of unbranched alkanes of at least 4 members (excludes halogenated alkanes) is 4. The van der Waals surface area contributed by atoms with Gasteiger partial charge in [0.1, 0.15) is 46.8 Å². The minimum absolute atomic E-state index is 0.00143. The van der Waals surface area contributed by atoms with E-state index in [0.29, 0.717) is 48.0 Å². The first-order valence-corrected chi connectivity index (χ1v) is 30.8. The van der Waals surface area contributed by atoms with Gasteiger partial charge in [-0.3, -0.25) is 28.8 Å². The number of rotatable bonds is 22. The van der Waals surface area contributed by atoms with Crippen LogP contribution in [0.2, 0.25) is 0 Å². The zero-order valence-corrected chi connectivity index (χ0v) is 54.0. The van der Waals surface area contributed by atoms with Gasteiger partial charge in [0.25, 0.3) is 0 Å². The first-order valence-electron chi connectivity index (χ1n) is 30.8. The number of hydrogen-bond acceptors (Lipinski definition) is 24. The summed E-state index contributed by atoms with van der Waals surface area (Å²) in [6.07, 6.45) is -7.06. The van der Waals surface area contributed by atoms with E-state index in [1.807, 2.05) is 13.8 Å². The van der Waals surface area contributed by atoms with Crippen molar-refractivity contribution in [3.8, 4) is 0 Å². The highest BCUT2D eigenvalue weighted by Gasteiger charge is 2.77. The molecule has 0 bridgehead atoms. The first-order chi connectivity index (χ1) is 41.0. The van der Waals surface area contributed by atoms with Crippen molar-refractivity contribution >= 4 is 47.8 Å². The molecule has 2 saturated carbocycles. The van der Waals surface area contributed by atoms with Crippen LogP contribution < -0.4 is 0 Å². The molecule has 2 saturated heterocycles. The van der Waals surface area contributed by atoms with E-state index in [1.165, 1.54) is 13.8 Å². The van der Waals surface area contributed by atoms with E-state index in [4.69, 9.17) is 47.4 Å². The molecule has 0 spiro atoms. The van der Waals surface area contributed by atoms with Gasteiger partial charge in [0.15, 0.2) is 48.2 Å². The molecular weight excluding hydrogens is 1150 g/mol. The second-order valence-corrected chi connectivity index (χ2v) is 25.0. The Hall–Kier alpha value is -5.60. The monoisotopic (exact) mass is 1250 g/mol. The fourth-order valence-electron chi connectivity index (χ4n) is 13.3. The Kier molecular flexibility index (Phi) is 24.2. The SMILES string of the molecule is C/C=C(/C)C(=O)O[C@H]1C(C)=C2[C@H]([C@@H]1OC(=O)CCCCC)[C@@](C)(OC(C)=O)C[C@H](OC(=O)CCC)[C@@]1(O)[C@H]2O[C@@H](O)[C@@]1(C)O.C/C=C(/C)C(=O)O[C@H]1C(C)=C2[C@H]([C@@H]1OC(=O)CCCCC)[C@@](C)(OC(C)=O)C[C@H](OC(=O)CCC)[C@@]1(O)[C@H]2O[C@H](O)[C@@]1(C)O. The summed E-state index contributed by atoms with van der Waals surface area (Å²) in [5, 5.41) is 69.6. The molecule has 4 fully saturated rings. The molecule has 6 aliphatic rings. The van der Waals surface area contributed by atoms with E-state index in [0.717, 1.165) is 39.5 Å². The lowest BCUT2D eigenvalue weighted by Crippen LogP contribution is -2.65. The number of hydrogen-bond donors (Lipinski definition) is 6. The molecule has 0 aromatic rings. The van der Waals surface area contributed by atoms with Crippen LogP contribution in [0.1, 0.15) is 201 Å². The van der Waals surface area contributed by atoms with Crippen LogP contribution in [0, 0.1) is 11.8 Å². The molecule has 0 unspecified atom stereocenters. The van der Waals surface area contributed by atoms with Crippen LogP contribution in [0.5, 0.6) is 0 Å². The fourth-order valence-corrected chi connectivity index (χ4v) is 13.3. The van der Waals surface area contributed by atoms with Crippen molar-refractivity contribution in [1.82, 2.24) is 0 Å². The molecule has 2 heterocycles. The van der Waals surface area contributed by atoms with E-state index in [9.17, 15) is 69.0 Å². The normalized spacial score (nSPS) is 36.7. The van der Waals surface area contributed by atoms with Crippen molar-refractivity contribution in [1.29, 1.82) is 0 Å². The Labute approximate surface area is 515 Å². The second kappa shape index (κ2) is 29.1. The zero-order chi connectivity index (χ0) is 66.4. The number of carbonyl (C=O) groups excluding carboxylic acids is 8. The number of esters is 8.